The fourth-order valence-corrected chi connectivity index (χ4v) is 3.06. The van der Waals surface area contributed by atoms with Crippen molar-refractivity contribution in [2.24, 2.45) is 5.92 Å². The Morgan fingerprint density at radius 1 is 1.00 bits per heavy atom. The Kier molecular flexibility index (Phi) is 3.64. The fourth-order valence-electron chi connectivity index (χ4n) is 3.06. The van der Waals surface area contributed by atoms with Crippen LogP contribution in [0.5, 0.6) is 0 Å². The number of fused-ring (bicyclic) bond motifs is 1. The minimum Gasteiger partial charge on any atom is -0.293 e. The van der Waals surface area contributed by atoms with Gasteiger partial charge < -0.3 is 0 Å². The van der Waals surface area contributed by atoms with Gasteiger partial charge >= 0.3 is 0 Å². The molecule has 4 rings (SSSR count). The van der Waals surface area contributed by atoms with Crippen LogP contribution in [0, 0.1) is 12.8 Å². The highest BCUT2D eigenvalue weighted by molar-refractivity contribution is 6.21. The third kappa shape index (κ3) is 2.71. The van der Waals surface area contributed by atoms with Gasteiger partial charge in [-0.25, -0.2) is 0 Å². The van der Waals surface area contributed by atoms with E-state index in [0.717, 1.165) is 23.3 Å². The Labute approximate surface area is 145 Å². The number of carbonyl (C=O) groups excluding carboxylic acids is 3. The zero-order valence-electron chi connectivity index (χ0n) is 13.9. The summed E-state index contributed by atoms with van der Waals surface area (Å²) >= 11 is 0. The van der Waals surface area contributed by atoms with Crippen LogP contribution in [0.2, 0.25) is 0 Å². The smallest absolute Gasteiger partial charge is 0.263 e. The number of amides is 3. The highest BCUT2D eigenvalue weighted by Crippen LogP contribution is 2.33. The molecule has 0 atom stereocenters. The molecule has 1 aliphatic carbocycles. The van der Waals surface area contributed by atoms with Gasteiger partial charge in [-0.3, -0.25) is 24.2 Å². The lowest BCUT2D eigenvalue weighted by molar-refractivity contribution is -0.120. The van der Waals surface area contributed by atoms with Crippen LogP contribution in [0.4, 0.5) is 5.69 Å². The third-order valence-electron chi connectivity index (χ3n) is 4.70. The molecule has 1 heterocycles. The van der Waals surface area contributed by atoms with Gasteiger partial charge in [0.25, 0.3) is 11.8 Å². The van der Waals surface area contributed by atoms with Crippen LogP contribution in [0.1, 0.15) is 39.1 Å². The zero-order chi connectivity index (χ0) is 17.6. The summed E-state index contributed by atoms with van der Waals surface area (Å²) in [7, 11) is 0. The highest BCUT2D eigenvalue weighted by Gasteiger charge is 2.40. The van der Waals surface area contributed by atoms with Gasteiger partial charge in [-0.05, 0) is 44.0 Å². The summed E-state index contributed by atoms with van der Waals surface area (Å²) in [5, 5.41) is 0. The molecule has 2 aliphatic rings. The minimum absolute atomic E-state index is 0.00325. The lowest BCUT2D eigenvalue weighted by Crippen LogP contribution is -2.45. The maximum Gasteiger partial charge on any atom is 0.263 e. The summed E-state index contributed by atoms with van der Waals surface area (Å²) in [6.45, 7) is 1.92. The number of hydrogen-bond acceptors (Lipinski definition) is 3. The average molecular weight is 334 g/mol. The maximum absolute atomic E-state index is 12.7. The van der Waals surface area contributed by atoms with E-state index in [0.29, 0.717) is 16.8 Å². The van der Waals surface area contributed by atoms with E-state index in [1.165, 1.54) is 0 Å². The predicted octanol–water partition coefficient (Wildman–Crippen LogP) is 2.99. The maximum atomic E-state index is 12.7. The molecular formula is C20H18N2O3. The Balaban J connectivity index is 1.65. The molecule has 0 aromatic heterocycles. The molecule has 126 valence electrons. The molecule has 2 aromatic rings. The Morgan fingerprint density at radius 3 is 2.08 bits per heavy atom. The molecule has 0 N–H and O–H groups in total. The SMILES string of the molecule is Cc1ccc(N(CN2C(=O)c3ccccc3C2=O)C(=O)C2CC2)cc1. The number of benzene rings is 2. The normalized spacial score (nSPS) is 16.1. The van der Waals surface area contributed by atoms with Crippen LogP contribution in [-0.2, 0) is 4.79 Å². The molecule has 25 heavy (non-hydrogen) atoms. The first-order valence-electron chi connectivity index (χ1n) is 8.39. The largest absolute Gasteiger partial charge is 0.293 e. The van der Waals surface area contributed by atoms with Gasteiger partial charge in [-0.2, -0.15) is 0 Å². The number of anilines is 1. The Hall–Kier alpha value is -2.95. The molecule has 1 aliphatic heterocycles. The van der Waals surface area contributed by atoms with Gasteiger partial charge in [-0.1, -0.05) is 29.8 Å². The lowest BCUT2D eigenvalue weighted by Gasteiger charge is -2.27. The summed E-state index contributed by atoms with van der Waals surface area (Å²) in [6.07, 6.45) is 1.73. The summed E-state index contributed by atoms with van der Waals surface area (Å²) in [5.74, 6) is -0.723. The van der Waals surface area contributed by atoms with Gasteiger partial charge in [-0.15, -0.1) is 0 Å². The van der Waals surface area contributed by atoms with Gasteiger partial charge in [0.05, 0.1) is 11.1 Å². The van der Waals surface area contributed by atoms with Crippen LogP contribution in [0.15, 0.2) is 48.5 Å². The van der Waals surface area contributed by atoms with Gasteiger partial charge in [0.2, 0.25) is 5.91 Å². The average Bonchev–Trinajstić information content (AvgIpc) is 3.44. The molecule has 0 bridgehead atoms. The van der Waals surface area contributed by atoms with Crippen LogP contribution in [0.3, 0.4) is 0 Å². The van der Waals surface area contributed by atoms with Crippen LogP contribution in [-0.4, -0.2) is 29.3 Å². The summed E-state index contributed by atoms with van der Waals surface area (Å²) in [5.41, 5.74) is 2.59. The van der Waals surface area contributed by atoms with Gasteiger partial charge in [0.15, 0.2) is 0 Å². The number of aryl methyl sites for hydroxylation is 1. The van der Waals surface area contributed by atoms with Crippen LogP contribution >= 0.6 is 0 Å². The Bertz CT molecular complexity index is 834. The number of rotatable bonds is 4. The fraction of sp³-hybridized carbons (Fsp3) is 0.250. The minimum atomic E-state index is -0.346. The van der Waals surface area contributed by atoms with Crippen molar-refractivity contribution < 1.29 is 14.4 Å². The van der Waals surface area contributed by atoms with Crippen molar-refractivity contribution in [1.29, 1.82) is 0 Å². The van der Waals surface area contributed by atoms with Crippen molar-refractivity contribution in [2.75, 3.05) is 11.6 Å². The molecular weight excluding hydrogens is 316 g/mol. The van der Waals surface area contributed by atoms with E-state index in [4.69, 9.17) is 0 Å². The molecule has 2 aromatic carbocycles. The Morgan fingerprint density at radius 2 is 1.56 bits per heavy atom. The molecule has 0 spiro atoms. The second kappa shape index (κ2) is 5.84. The van der Waals surface area contributed by atoms with Crippen molar-refractivity contribution in [3.05, 3.63) is 65.2 Å². The topological polar surface area (TPSA) is 57.7 Å². The number of imide groups is 1. The van der Waals surface area contributed by atoms with E-state index in [-0.39, 0.29) is 30.3 Å². The molecule has 0 radical (unpaired) electrons. The standard InChI is InChI=1S/C20H18N2O3/c1-13-6-10-15(11-7-13)21(18(23)14-8-9-14)12-22-19(24)16-4-2-3-5-17(16)20(22)25/h2-7,10-11,14H,8-9,12H2,1H3. The van der Waals surface area contributed by atoms with E-state index in [2.05, 4.69) is 0 Å². The molecule has 0 unspecified atom stereocenters. The number of carbonyl (C=O) groups is 3. The first-order valence-corrected chi connectivity index (χ1v) is 8.39. The monoisotopic (exact) mass is 334 g/mol. The van der Waals surface area contributed by atoms with Crippen molar-refractivity contribution in [3.63, 3.8) is 0 Å². The molecule has 1 saturated carbocycles. The van der Waals surface area contributed by atoms with Crippen LogP contribution < -0.4 is 4.90 Å². The lowest BCUT2D eigenvalue weighted by atomic mass is 10.1. The van der Waals surface area contributed by atoms with Gasteiger partial charge in [0.1, 0.15) is 6.67 Å². The molecule has 0 saturated heterocycles. The highest BCUT2D eigenvalue weighted by atomic mass is 16.2. The van der Waals surface area contributed by atoms with Gasteiger partial charge in [0, 0.05) is 11.6 Å². The van der Waals surface area contributed by atoms with E-state index in [1.54, 1.807) is 29.2 Å². The molecule has 5 nitrogen and oxygen atoms in total. The van der Waals surface area contributed by atoms with E-state index < -0.39 is 0 Å². The first-order chi connectivity index (χ1) is 12.1. The van der Waals surface area contributed by atoms with Crippen LogP contribution in [0.25, 0.3) is 0 Å². The molecule has 3 amide bonds. The second-order valence-electron chi connectivity index (χ2n) is 6.60. The van der Waals surface area contributed by atoms with Crippen molar-refractivity contribution in [1.82, 2.24) is 4.90 Å². The molecule has 5 heteroatoms. The van der Waals surface area contributed by atoms with E-state index >= 15 is 0 Å². The van der Waals surface area contributed by atoms with Crippen molar-refractivity contribution in [2.45, 2.75) is 19.8 Å². The van der Waals surface area contributed by atoms with Crippen molar-refractivity contribution >= 4 is 23.4 Å². The van der Waals surface area contributed by atoms with E-state index in [1.807, 2.05) is 31.2 Å². The number of nitrogens with zero attached hydrogens (tertiary/aromatic N) is 2. The summed E-state index contributed by atoms with van der Waals surface area (Å²) < 4.78 is 0. The zero-order valence-corrected chi connectivity index (χ0v) is 13.9. The summed E-state index contributed by atoms with van der Waals surface area (Å²) in [4.78, 5) is 40.7. The molecule has 1 fully saturated rings. The summed E-state index contributed by atoms with van der Waals surface area (Å²) in [6, 6.07) is 14.3. The van der Waals surface area contributed by atoms with E-state index in [9.17, 15) is 14.4 Å². The quantitative estimate of drug-likeness (QED) is 0.808. The second-order valence-corrected chi connectivity index (χ2v) is 6.60. The first kappa shape index (κ1) is 15.6. The number of hydrogen-bond donors (Lipinski definition) is 0. The van der Waals surface area contributed by atoms with Crippen molar-refractivity contribution in [3.8, 4) is 0 Å². The predicted molar refractivity (Wildman–Crippen MR) is 93.2 cm³/mol. The third-order valence-corrected chi connectivity index (χ3v) is 4.70.